The Morgan fingerprint density at radius 1 is 1.29 bits per heavy atom. The van der Waals surface area contributed by atoms with Crippen molar-refractivity contribution >= 4 is 0 Å². The Bertz CT molecular complexity index is 500. The average molecular weight is 290 g/mol. The summed E-state index contributed by atoms with van der Waals surface area (Å²) in [5.41, 5.74) is 0.0598. The lowest BCUT2D eigenvalue weighted by Crippen LogP contribution is -2.39. The molecule has 1 N–H and O–H groups in total. The van der Waals surface area contributed by atoms with Gasteiger partial charge in [-0.1, -0.05) is 19.8 Å². The van der Waals surface area contributed by atoms with Gasteiger partial charge in [-0.05, 0) is 56.1 Å². The van der Waals surface area contributed by atoms with Gasteiger partial charge in [-0.2, -0.15) is 0 Å². The molecule has 3 heteroatoms. The van der Waals surface area contributed by atoms with Crippen LogP contribution in [0.3, 0.4) is 0 Å². The number of aliphatic hydroxyl groups excluding tert-OH is 1. The van der Waals surface area contributed by atoms with Crippen LogP contribution in [0.2, 0.25) is 0 Å². The van der Waals surface area contributed by atoms with Gasteiger partial charge in [0, 0.05) is 12.5 Å². The van der Waals surface area contributed by atoms with Crippen molar-refractivity contribution in [3.63, 3.8) is 0 Å². The molecule has 1 aromatic rings. The van der Waals surface area contributed by atoms with Crippen molar-refractivity contribution in [1.29, 1.82) is 0 Å². The molecule has 0 radical (unpaired) electrons. The molecule has 1 saturated heterocycles. The third kappa shape index (κ3) is 2.55. The zero-order chi connectivity index (χ0) is 14.4. The predicted molar refractivity (Wildman–Crippen MR) is 80.1 cm³/mol. The molecule has 1 spiro atoms. The largest absolute Gasteiger partial charge is 0.463 e. The van der Waals surface area contributed by atoms with E-state index in [-0.39, 0.29) is 11.5 Å². The van der Waals surface area contributed by atoms with Gasteiger partial charge in [0.2, 0.25) is 0 Å². The van der Waals surface area contributed by atoms with Crippen molar-refractivity contribution in [3.05, 3.63) is 23.7 Å². The zero-order valence-electron chi connectivity index (χ0n) is 12.9. The fourth-order valence-corrected chi connectivity index (χ4v) is 4.38. The Balaban J connectivity index is 1.46. The summed E-state index contributed by atoms with van der Waals surface area (Å²) in [5.74, 6) is 3.45. The number of aliphatic hydroxyl groups is 1. The van der Waals surface area contributed by atoms with Gasteiger partial charge >= 0.3 is 0 Å². The molecule has 2 aliphatic carbocycles. The second-order valence-electron chi connectivity index (χ2n) is 7.50. The monoisotopic (exact) mass is 290 g/mol. The van der Waals surface area contributed by atoms with Crippen LogP contribution in [-0.2, 0) is 4.74 Å². The molecule has 0 bridgehead atoms. The molecule has 1 aliphatic heterocycles. The van der Waals surface area contributed by atoms with Crippen molar-refractivity contribution in [2.24, 2.45) is 11.8 Å². The number of hydrogen-bond acceptors (Lipinski definition) is 3. The molecule has 4 rings (SSSR count). The van der Waals surface area contributed by atoms with Crippen molar-refractivity contribution < 1.29 is 14.3 Å². The highest BCUT2D eigenvalue weighted by Crippen LogP contribution is 2.49. The standard InChI is InChI=1S/C18H26O3/c1-12-10-14(12)15-4-5-16(21-15)17(19)13-6-9-20-18(11-13)7-2-3-8-18/h4-5,12-14,17,19H,2-3,6-11H2,1H3. The van der Waals surface area contributed by atoms with E-state index in [1.165, 1.54) is 32.1 Å². The zero-order valence-corrected chi connectivity index (χ0v) is 12.9. The minimum absolute atomic E-state index is 0.0598. The smallest absolute Gasteiger partial charge is 0.132 e. The third-order valence-corrected chi connectivity index (χ3v) is 5.91. The van der Waals surface area contributed by atoms with Crippen LogP contribution in [0.15, 0.2) is 16.5 Å². The van der Waals surface area contributed by atoms with Crippen LogP contribution in [0.25, 0.3) is 0 Å². The molecule has 4 unspecified atom stereocenters. The van der Waals surface area contributed by atoms with E-state index in [2.05, 4.69) is 13.0 Å². The highest BCUT2D eigenvalue weighted by atomic mass is 16.5. The maximum Gasteiger partial charge on any atom is 0.132 e. The van der Waals surface area contributed by atoms with Crippen LogP contribution in [0.1, 0.15) is 75.4 Å². The van der Waals surface area contributed by atoms with Gasteiger partial charge in [-0.3, -0.25) is 0 Å². The van der Waals surface area contributed by atoms with E-state index in [0.29, 0.717) is 5.92 Å². The van der Waals surface area contributed by atoms with Crippen LogP contribution >= 0.6 is 0 Å². The molecule has 116 valence electrons. The van der Waals surface area contributed by atoms with E-state index in [4.69, 9.17) is 9.15 Å². The van der Waals surface area contributed by atoms with E-state index in [1.54, 1.807) is 0 Å². The quantitative estimate of drug-likeness (QED) is 0.908. The van der Waals surface area contributed by atoms with E-state index in [9.17, 15) is 5.11 Å². The Labute approximate surface area is 126 Å². The summed E-state index contributed by atoms with van der Waals surface area (Å²) >= 11 is 0. The fraction of sp³-hybridized carbons (Fsp3) is 0.778. The van der Waals surface area contributed by atoms with Crippen LogP contribution in [-0.4, -0.2) is 17.3 Å². The normalized spacial score (nSPS) is 36.0. The fourth-order valence-electron chi connectivity index (χ4n) is 4.38. The highest BCUT2D eigenvalue weighted by Gasteiger charge is 2.43. The van der Waals surface area contributed by atoms with Crippen molar-refractivity contribution in [3.8, 4) is 0 Å². The first-order chi connectivity index (χ1) is 10.2. The Kier molecular flexibility index (Phi) is 3.38. The summed E-state index contributed by atoms with van der Waals surface area (Å²) < 4.78 is 12.0. The summed E-state index contributed by atoms with van der Waals surface area (Å²) in [6.07, 6.45) is 7.57. The molecule has 2 saturated carbocycles. The lowest BCUT2D eigenvalue weighted by atomic mass is 9.81. The average Bonchev–Trinajstić information content (AvgIpc) is 2.93. The van der Waals surface area contributed by atoms with Crippen LogP contribution in [0.5, 0.6) is 0 Å². The number of ether oxygens (including phenoxy) is 1. The van der Waals surface area contributed by atoms with Crippen LogP contribution in [0.4, 0.5) is 0 Å². The molecular formula is C18H26O3. The summed E-state index contributed by atoms with van der Waals surface area (Å²) in [5, 5.41) is 10.7. The highest BCUT2D eigenvalue weighted by molar-refractivity contribution is 5.19. The molecule has 3 nitrogen and oxygen atoms in total. The third-order valence-electron chi connectivity index (χ3n) is 5.91. The number of furan rings is 1. The van der Waals surface area contributed by atoms with Gasteiger partial charge in [0.15, 0.2) is 0 Å². The van der Waals surface area contributed by atoms with Gasteiger partial charge < -0.3 is 14.3 Å². The molecular weight excluding hydrogens is 264 g/mol. The van der Waals surface area contributed by atoms with Crippen molar-refractivity contribution in [1.82, 2.24) is 0 Å². The van der Waals surface area contributed by atoms with E-state index >= 15 is 0 Å². The van der Waals surface area contributed by atoms with Gasteiger partial charge in [0.25, 0.3) is 0 Å². The molecule has 21 heavy (non-hydrogen) atoms. The second-order valence-corrected chi connectivity index (χ2v) is 7.50. The summed E-state index contributed by atoms with van der Waals surface area (Å²) in [6.45, 7) is 3.04. The molecule has 0 amide bonds. The first-order valence-corrected chi connectivity index (χ1v) is 8.58. The van der Waals surface area contributed by atoms with Gasteiger partial charge in [0.05, 0.1) is 5.60 Å². The summed E-state index contributed by atoms with van der Waals surface area (Å²) in [4.78, 5) is 0. The van der Waals surface area contributed by atoms with E-state index in [0.717, 1.165) is 36.9 Å². The lowest BCUT2D eigenvalue weighted by Gasteiger charge is -2.39. The van der Waals surface area contributed by atoms with E-state index in [1.807, 2.05) is 6.07 Å². The van der Waals surface area contributed by atoms with Crippen molar-refractivity contribution in [2.75, 3.05) is 6.61 Å². The van der Waals surface area contributed by atoms with E-state index < -0.39 is 6.10 Å². The minimum atomic E-state index is -0.464. The Morgan fingerprint density at radius 3 is 2.76 bits per heavy atom. The minimum Gasteiger partial charge on any atom is -0.463 e. The first kappa shape index (κ1) is 13.8. The van der Waals surface area contributed by atoms with Crippen LogP contribution in [0, 0.1) is 11.8 Å². The molecule has 4 atom stereocenters. The summed E-state index contributed by atoms with van der Waals surface area (Å²) in [6, 6.07) is 4.05. The van der Waals surface area contributed by atoms with Crippen LogP contribution < -0.4 is 0 Å². The Morgan fingerprint density at radius 2 is 2.05 bits per heavy atom. The summed E-state index contributed by atoms with van der Waals surface area (Å²) in [7, 11) is 0. The molecule has 0 aromatic carbocycles. The SMILES string of the molecule is CC1CC1c1ccc(C(O)C2CCOC3(CCCC3)C2)o1. The van der Waals surface area contributed by atoms with Gasteiger partial charge in [0.1, 0.15) is 17.6 Å². The number of rotatable bonds is 3. The molecule has 3 fully saturated rings. The second kappa shape index (κ2) is 5.13. The Hall–Kier alpha value is -0.800. The maximum atomic E-state index is 10.7. The first-order valence-electron chi connectivity index (χ1n) is 8.58. The molecule has 2 heterocycles. The lowest BCUT2D eigenvalue weighted by molar-refractivity contribution is -0.115. The van der Waals surface area contributed by atoms with Gasteiger partial charge in [-0.15, -0.1) is 0 Å². The van der Waals surface area contributed by atoms with Crippen molar-refractivity contribution in [2.45, 2.75) is 69.5 Å². The maximum absolute atomic E-state index is 10.7. The predicted octanol–water partition coefficient (Wildman–Crippen LogP) is 4.18. The number of hydrogen-bond donors (Lipinski definition) is 1. The molecule has 3 aliphatic rings. The topological polar surface area (TPSA) is 42.6 Å². The van der Waals surface area contributed by atoms with Gasteiger partial charge in [-0.25, -0.2) is 0 Å². The molecule has 1 aromatic heterocycles.